The van der Waals surface area contributed by atoms with Gasteiger partial charge < -0.3 is 10.0 Å². The van der Waals surface area contributed by atoms with Crippen LogP contribution in [0, 0.1) is 11.8 Å². The number of nitrogens with zero attached hydrogens (tertiary/aromatic N) is 2. The molecule has 0 saturated carbocycles. The Morgan fingerprint density at radius 1 is 1.16 bits per heavy atom. The first-order valence-corrected chi connectivity index (χ1v) is 7.95. The summed E-state index contributed by atoms with van der Waals surface area (Å²) < 4.78 is 0. The normalized spacial score (nSPS) is 46.7. The number of carbonyl (C=O) groups excluding carboxylic acids is 1. The summed E-state index contributed by atoms with van der Waals surface area (Å²) in [6, 6.07) is 1.14. The lowest BCUT2D eigenvalue weighted by Crippen LogP contribution is -2.68. The highest BCUT2D eigenvalue weighted by molar-refractivity contribution is 5.77. The van der Waals surface area contributed by atoms with Crippen molar-refractivity contribution in [2.75, 3.05) is 19.6 Å². The van der Waals surface area contributed by atoms with Gasteiger partial charge in [-0.25, -0.2) is 0 Å². The van der Waals surface area contributed by atoms with Crippen LogP contribution in [-0.2, 0) is 4.79 Å². The van der Waals surface area contributed by atoms with Crippen molar-refractivity contribution in [1.82, 2.24) is 9.80 Å². The molecule has 5 atom stereocenters. The van der Waals surface area contributed by atoms with E-state index in [1.165, 1.54) is 19.3 Å². The summed E-state index contributed by atoms with van der Waals surface area (Å²) in [5, 5.41) is 10.1. The van der Waals surface area contributed by atoms with Crippen molar-refractivity contribution in [1.29, 1.82) is 0 Å². The zero-order valence-corrected chi connectivity index (χ0v) is 11.5. The highest BCUT2D eigenvalue weighted by atomic mass is 16.3. The summed E-state index contributed by atoms with van der Waals surface area (Å²) in [4.78, 5) is 16.9. The van der Waals surface area contributed by atoms with E-state index in [2.05, 4.69) is 9.80 Å². The fourth-order valence-corrected chi connectivity index (χ4v) is 5.30. The molecule has 4 heteroatoms. The SMILES string of the molecule is O=C1CCC[C@@H]2[C@H]3CCCN4C[C@H](O)C[C@@H](CN12)[C@@H]34. The zero-order chi connectivity index (χ0) is 13.0. The Morgan fingerprint density at radius 2 is 2.05 bits per heavy atom. The lowest BCUT2D eigenvalue weighted by molar-refractivity contribution is -0.155. The number of hydrogen-bond donors (Lipinski definition) is 1. The van der Waals surface area contributed by atoms with E-state index >= 15 is 0 Å². The lowest BCUT2D eigenvalue weighted by atomic mass is 9.67. The van der Waals surface area contributed by atoms with Crippen molar-refractivity contribution in [3.8, 4) is 0 Å². The molecule has 4 aliphatic heterocycles. The van der Waals surface area contributed by atoms with E-state index < -0.39 is 0 Å². The molecule has 0 aromatic rings. The highest BCUT2D eigenvalue weighted by Crippen LogP contribution is 2.44. The topological polar surface area (TPSA) is 43.8 Å². The van der Waals surface area contributed by atoms with Crippen molar-refractivity contribution < 1.29 is 9.90 Å². The van der Waals surface area contributed by atoms with Crippen LogP contribution in [0.15, 0.2) is 0 Å². The van der Waals surface area contributed by atoms with Gasteiger partial charge >= 0.3 is 0 Å². The molecule has 4 saturated heterocycles. The molecule has 0 aromatic carbocycles. The molecule has 0 radical (unpaired) electrons. The number of rotatable bonds is 0. The molecule has 19 heavy (non-hydrogen) atoms. The van der Waals surface area contributed by atoms with Crippen LogP contribution in [0.2, 0.25) is 0 Å². The second-order valence-electron chi connectivity index (χ2n) is 6.95. The molecule has 4 rings (SSSR count). The summed E-state index contributed by atoms with van der Waals surface area (Å²) >= 11 is 0. The summed E-state index contributed by atoms with van der Waals surface area (Å²) in [6.07, 6.45) is 6.26. The van der Waals surface area contributed by atoms with Gasteiger partial charge in [-0.1, -0.05) is 0 Å². The molecular formula is C15H24N2O2. The third-order valence-electron chi connectivity index (χ3n) is 5.88. The quantitative estimate of drug-likeness (QED) is 0.705. The molecule has 106 valence electrons. The van der Waals surface area contributed by atoms with Gasteiger partial charge in [0.2, 0.25) is 5.91 Å². The van der Waals surface area contributed by atoms with Crippen molar-refractivity contribution in [3.05, 3.63) is 0 Å². The minimum Gasteiger partial charge on any atom is -0.392 e. The minimum absolute atomic E-state index is 0.184. The van der Waals surface area contributed by atoms with Gasteiger partial charge in [0.15, 0.2) is 0 Å². The molecule has 1 N–H and O–H groups in total. The maximum absolute atomic E-state index is 12.2. The Morgan fingerprint density at radius 3 is 2.95 bits per heavy atom. The first kappa shape index (κ1) is 12.2. The number of aliphatic hydroxyl groups is 1. The maximum Gasteiger partial charge on any atom is 0.222 e. The first-order chi connectivity index (χ1) is 9.24. The summed E-state index contributed by atoms with van der Waals surface area (Å²) in [5.41, 5.74) is 0. The molecule has 0 bridgehead atoms. The van der Waals surface area contributed by atoms with Gasteiger partial charge in [0.05, 0.1) is 6.10 Å². The van der Waals surface area contributed by atoms with Crippen LogP contribution in [0.25, 0.3) is 0 Å². The molecule has 4 aliphatic rings. The van der Waals surface area contributed by atoms with Gasteiger partial charge in [-0.2, -0.15) is 0 Å². The minimum atomic E-state index is -0.184. The molecule has 0 aliphatic carbocycles. The number of hydrogen-bond acceptors (Lipinski definition) is 3. The first-order valence-electron chi connectivity index (χ1n) is 7.95. The summed E-state index contributed by atoms with van der Waals surface area (Å²) in [5.74, 6) is 1.54. The smallest absolute Gasteiger partial charge is 0.222 e. The van der Waals surface area contributed by atoms with Crippen molar-refractivity contribution >= 4 is 5.91 Å². The number of amides is 1. The Hall–Kier alpha value is -0.610. The van der Waals surface area contributed by atoms with Crippen LogP contribution in [-0.4, -0.2) is 58.6 Å². The van der Waals surface area contributed by atoms with E-state index in [4.69, 9.17) is 0 Å². The second-order valence-corrected chi connectivity index (χ2v) is 6.95. The van der Waals surface area contributed by atoms with Crippen molar-refractivity contribution in [2.24, 2.45) is 11.8 Å². The molecule has 0 unspecified atom stereocenters. The van der Waals surface area contributed by atoms with Crippen molar-refractivity contribution in [3.63, 3.8) is 0 Å². The van der Waals surface area contributed by atoms with Crippen LogP contribution in [0.1, 0.15) is 38.5 Å². The molecule has 4 nitrogen and oxygen atoms in total. The fourth-order valence-electron chi connectivity index (χ4n) is 5.30. The van der Waals surface area contributed by atoms with E-state index in [1.54, 1.807) is 0 Å². The predicted octanol–water partition coefficient (Wildman–Crippen LogP) is 0.842. The fraction of sp³-hybridized carbons (Fsp3) is 0.933. The average molecular weight is 264 g/mol. The van der Waals surface area contributed by atoms with Gasteiger partial charge in [-0.3, -0.25) is 9.69 Å². The van der Waals surface area contributed by atoms with E-state index in [0.717, 1.165) is 38.9 Å². The van der Waals surface area contributed by atoms with E-state index in [-0.39, 0.29) is 6.10 Å². The molecule has 0 aromatic heterocycles. The Bertz CT molecular complexity index is 386. The van der Waals surface area contributed by atoms with Crippen LogP contribution in [0.5, 0.6) is 0 Å². The Labute approximate surface area is 114 Å². The number of carbonyl (C=O) groups is 1. The Kier molecular flexibility index (Phi) is 2.85. The predicted molar refractivity (Wildman–Crippen MR) is 71.6 cm³/mol. The van der Waals surface area contributed by atoms with Gasteiger partial charge in [0, 0.05) is 31.6 Å². The third-order valence-corrected chi connectivity index (χ3v) is 5.88. The summed E-state index contributed by atoms with van der Waals surface area (Å²) in [6.45, 7) is 2.91. The molecule has 4 heterocycles. The van der Waals surface area contributed by atoms with E-state index in [9.17, 15) is 9.90 Å². The van der Waals surface area contributed by atoms with Crippen LogP contribution >= 0.6 is 0 Å². The van der Waals surface area contributed by atoms with Crippen LogP contribution in [0.4, 0.5) is 0 Å². The maximum atomic E-state index is 12.2. The van der Waals surface area contributed by atoms with E-state index in [0.29, 0.717) is 29.8 Å². The largest absolute Gasteiger partial charge is 0.392 e. The van der Waals surface area contributed by atoms with Crippen LogP contribution in [0.3, 0.4) is 0 Å². The third kappa shape index (κ3) is 1.83. The standard InChI is InChI=1S/C15H24N2O2/c18-11-7-10-8-17-13(4-1-5-14(17)19)12-3-2-6-16(9-11)15(10)12/h10-13,15,18H,1-9H2/t10-,11+,12+,13+,15-/m0/s1. The molecule has 1 amide bonds. The highest BCUT2D eigenvalue weighted by Gasteiger charge is 2.51. The van der Waals surface area contributed by atoms with E-state index in [1.807, 2.05) is 0 Å². The van der Waals surface area contributed by atoms with Gasteiger partial charge in [-0.05, 0) is 50.5 Å². The monoisotopic (exact) mass is 264 g/mol. The average Bonchev–Trinajstić information content (AvgIpc) is 2.40. The van der Waals surface area contributed by atoms with Gasteiger partial charge in [0.25, 0.3) is 0 Å². The van der Waals surface area contributed by atoms with Crippen LogP contribution < -0.4 is 0 Å². The second kappa shape index (κ2) is 4.45. The number of fused-ring (bicyclic) bond motifs is 2. The zero-order valence-electron chi connectivity index (χ0n) is 11.5. The van der Waals surface area contributed by atoms with Gasteiger partial charge in [0.1, 0.15) is 0 Å². The molecule has 0 spiro atoms. The lowest BCUT2D eigenvalue weighted by Gasteiger charge is -2.59. The number of aliphatic hydroxyl groups excluding tert-OH is 1. The molecular weight excluding hydrogens is 240 g/mol. The Balaban J connectivity index is 1.65. The number of piperidine rings is 4. The molecule has 4 fully saturated rings. The van der Waals surface area contributed by atoms with Crippen molar-refractivity contribution in [2.45, 2.75) is 56.7 Å². The van der Waals surface area contributed by atoms with Gasteiger partial charge in [-0.15, -0.1) is 0 Å². The summed E-state index contributed by atoms with van der Waals surface area (Å²) in [7, 11) is 0.